The first-order valence-corrected chi connectivity index (χ1v) is 6.98. The third-order valence-electron chi connectivity index (χ3n) is 2.02. The average molecular weight is 277 g/mol. The molecular formula is C10H13ClN2O3S. The third-order valence-corrected chi connectivity index (χ3v) is 3.16. The Hall–Kier alpha value is -1.11. The standard InChI is InChI=1S/C10H13ClN2O3S/c11-9-4-2-1-3-8(9)7-10(14)13-5-6-17(12,15)16/h1-4H,5-7H2,(H,13,14)(H2,12,15,16). The van der Waals surface area contributed by atoms with Crippen LogP contribution in [0.15, 0.2) is 24.3 Å². The number of primary sulfonamides is 1. The van der Waals surface area contributed by atoms with E-state index in [0.717, 1.165) is 0 Å². The molecule has 5 nitrogen and oxygen atoms in total. The zero-order chi connectivity index (χ0) is 12.9. The molecule has 0 atom stereocenters. The molecule has 3 N–H and O–H groups in total. The van der Waals surface area contributed by atoms with Gasteiger partial charge in [-0.25, -0.2) is 13.6 Å². The highest BCUT2D eigenvalue weighted by Gasteiger charge is 2.07. The SMILES string of the molecule is NS(=O)(=O)CCNC(=O)Cc1ccccc1Cl. The van der Waals surface area contributed by atoms with Gasteiger partial charge in [-0.15, -0.1) is 0 Å². The molecule has 94 valence electrons. The first kappa shape index (κ1) is 14.0. The highest BCUT2D eigenvalue weighted by atomic mass is 35.5. The van der Waals surface area contributed by atoms with Crippen molar-refractivity contribution in [3.05, 3.63) is 34.9 Å². The van der Waals surface area contributed by atoms with Crippen molar-refractivity contribution in [3.63, 3.8) is 0 Å². The molecule has 0 heterocycles. The maximum Gasteiger partial charge on any atom is 0.224 e. The number of halogens is 1. The Morgan fingerprint density at radius 1 is 1.35 bits per heavy atom. The fourth-order valence-corrected chi connectivity index (χ4v) is 1.80. The number of amides is 1. The summed E-state index contributed by atoms with van der Waals surface area (Å²) in [6.07, 6.45) is 0.115. The van der Waals surface area contributed by atoms with E-state index in [1.165, 1.54) is 0 Å². The molecule has 0 aliphatic heterocycles. The van der Waals surface area contributed by atoms with Crippen molar-refractivity contribution in [2.45, 2.75) is 6.42 Å². The molecule has 1 rings (SSSR count). The second kappa shape index (κ2) is 6.00. The average Bonchev–Trinajstić information content (AvgIpc) is 2.19. The summed E-state index contributed by atoms with van der Waals surface area (Å²) in [5, 5.41) is 7.76. The van der Waals surface area contributed by atoms with E-state index in [4.69, 9.17) is 16.7 Å². The quantitative estimate of drug-likeness (QED) is 0.810. The van der Waals surface area contributed by atoms with Crippen molar-refractivity contribution in [1.82, 2.24) is 5.32 Å². The first-order chi connectivity index (χ1) is 7.88. The normalized spacial score (nSPS) is 11.2. The van der Waals surface area contributed by atoms with Gasteiger partial charge in [0.05, 0.1) is 12.2 Å². The lowest BCUT2D eigenvalue weighted by Gasteiger charge is -2.05. The summed E-state index contributed by atoms with van der Waals surface area (Å²) in [7, 11) is -3.54. The summed E-state index contributed by atoms with van der Waals surface area (Å²) in [5.41, 5.74) is 0.697. The Morgan fingerprint density at radius 2 is 2.00 bits per heavy atom. The minimum atomic E-state index is -3.54. The Morgan fingerprint density at radius 3 is 2.59 bits per heavy atom. The van der Waals surface area contributed by atoms with E-state index >= 15 is 0 Å². The molecule has 1 aromatic rings. The van der Waals surface area contributed by atoms with Crippen molar-refractivity contribution >= 4 is 27.5 Å². The van der Waals surface area contributed by atoms with Crippen LogP contribution < -0.4 is 10.5 Å². The summed E-state index contributed by atoms with van der Waals surface area (Å²) >= 11 is 5.88. The number of rotatable bonds is 5. The number of hydrogen-bond acceptors (Lipinski definition) is 3. The summed E-state index contributed by atoms with van der Waals surface area (Å²) in [6.45, 7) is 0.00210. The van der Waals surface area contributed by atoms with Crippen molar-refractivity contribution in [1.29, 1.82) is 0 Å². The summed E-state index contributed by atoms with van der Waals surface area (Å²) in [4.78, 5) is 11.4. The molecule has 1 aromatic carbocycles. The van der Waals surface area contributed by atoms with Gasteiger partial charge in [-0.05, 0) is 11.6 Å². The van der Waals surface area contributed by atoms with Crippen molar-refractivity contribution in [3.8, 4) is 0 Å². The van der Waals surface area contributed by atoms with Gasteiger partial charge in [0.25, 0.3) is 0 Å². The van der Waals surface area contributed by atoms with E-state index in [-0.39, 0.29) is 24.6 Å². The van der Waals surface area contributed by atoms with Gasteiger partial charge in [0.1, 0.15) is 0 Å². The van der Waals surface area contributed by atoms with Crippen LogP contribution in [0, 0.1) is 0 Å². The van der Waals surface area contributed by atoms with Crippen LogP contribution in [0.2, 0.25) is 5.02 Å². The third kappa shape index (κ3) is 5.67. The predicted octanol–water partition coefficient (Wildman–Crippen LogP) is 0.287. The topological polar surface area (TPSA) is 89.3 Å². The summed E-state index contributed by atoms with van der Waals surface area (Å²) in [5.74, 6) is -0.567. The number of carbonyl (C=O) groups excluding carboxylic acids is 1. The van der Waals surface area contributed by atoms with Gasteiger partial charge in [0, 0.05) is 11.6 Å². The maximum absolute atomic E-state index is 11.4. The first-order valence-electron chi connectivity index (χ1n) is 4.89. The maximum atomic E-state index is 11.4. The molecule has 0 radical (unpaired) electrons. The molecule has 17 heavy (non-hydrogen) atoms. The van der Waals surface area contributed by atoms with E-state index < -0.39 is 10.0 Å². The van der Waals surface area contributed by atoms with E-state index in [0.29, 0.717) is 10.6 Å². The molecule has 7 heteroatoms. The smallest absolute Gasteiger partial charge is 0.224 e. The molecule has 0 bridgehead atoms. The highest BCUT2D eigenvalue weighted by Crippen LogP contribution is 2.14. The van der Waals surface area contributed by atoms with E-state index in [1.807, 2.05) is 0 Å². The Labute approximate surface area is 105 Å². The fraction of sp³-hybridized carbons (Fsp3) is 0.300. The Kier molecular flexibility index (Phi) is 4.92. The van der Waals surface area contributed by atoms with Gasteiger partial charge in [0.2, 0.25) is 15.9 Å². The largest absolute Gasteiger partial charge is 0.355 e. The monoisotopic (exact) mass is 276 g/mol. The number of carbonyl (C=O) groups is 1. The molecule has 0 saturated carbocycles. The van der Waals surface area contributed by atoms with Crippen LogP contribution in [-0.4, -0.2) is 26.6 Å². The van der Waals surface area contributed by atoms with E-state index in [1.54, 1.807) is 24.3 Å². The van der Waals surface area contributed by atoms with Crippen LogP contribution in [0.25, 0.3) is 0 Å². The van der Waals surface area contributed by atoms with Crippen LogP contribution >= 0.6 is 11.6 Å². The lowest BCUT2D eigenvalue weighted by Crippen LogP contribution is -2.32. The molecule has 0 aromatic heterocycles. The van der Waals surface area contributed by atoms with Crippen molar-refractivity contribution in [2.24, 2.45) is 5.14 Å². The minimum absolute atomic E-state index is 0.00210. The summed E-state index contributed by atoms with van der Waals surface area (Å²) in [6, 6.07) is 6.97. The molecule has 0 unspecified atom stereocenters. The fourth-order valence-electron chi connectivity index (χ4n) is 1.21. The van der Waals surface area contributed by atoms with Crippen molar-refractivity contribution < 1.29 is 13.2 Å². The second-order valence-electron chi connectivity index (χ2n) is 3.49. The number of nitrogens with one attached hydrogen (secondary N) is 1. The van der Waals surface area contributed by atoms with Gasteiger partial charge in [-0.3, -0.25) is 4.79 Å². The van der Waals surface area contributed by atoms with Gasteiger partial charge < -0.3 is 5.32 Å². The van der Waals surface area contributed by atoms with Crippen LogP contribution in [-0.2, 0) is 21.2 Å². The Bertz CT molecular complexity index is 502. The molecular weight excluding hydrogens is 264 g/mol. The summed E-state index contributed by atoms with van der Waals surface area (Å²) < 4.78 is 21.3. The van der Waals surface area contributed by atoms with Crippen LogP contribution in [0.4, 0.5) is 0 Å². The minimum Gasteiger partial charge on any atom is -0.355 e. The Balaban J connectivity index is 2.43. The van der Waals surface area contributed by atoms with Gasteiger partial charge >= 0.3 is 0 Å². The number of hydrogen-bond donors (Lipinski definition) is 2. The van der Waals surface area contributed by atoms with Gasteiger partial charge in [0.15, 0.2) is 0 Å². The number of sulfonamides is 1. The van der Waals surface area contributed by atoms with E-state index in [9.17, 15) is 13.2 Å². The zero-order valence-electron chi connectivity index (χ0n) is 9.02. The molecule has 0 aliphatic rings. The molecule has 0 saturated heterocycles. The lowest BCUT2D eigenvalue weighted by atomic mass is 10.1. The van der Waals surface area contributed by atoms with Gasteiger partial charge in [-0.2, -0.15) is 0 Å². The van der Waals surface area contributed by atoms with E-state index in [2.05, 4.69) is 5.32 Å². The van der Waals surface area contributed by atoms with Crippen molar-refractivity contribution in [2.75, 3.05) is 12.3 Å². The van der Waals surface area contributed by atoms with Gasteiger partial charge in [-0.1, -0.05) is 29.8 Å². The molecule has 0 aliphatic carbocycles. The number of nitrogens with two attached hydrogens (primary N) is 1. The lowest BCUT2D eigenvalue weighted by molar-refractivity contribution is -0.120. The molecule has 0 spiro atoms. The molecule has 1 amide bonds. The van der Waals surface area contributed by atoms with Crippen LogP contribution in [0.1, 0.15) is 5.56 Å². The zero-order valence-corrected chi connectivity index (χ0v) is 10.6. The predicted molar refractivity (Wildman–Crippen MR) is 66.1 cm³/mol. The number of benzene rings is 1. The van der Waals surface area contributed by atoms with Crippen LogP contribution in [0.3, 0.4) is 0 Å². The highest BCUT2D eigenvalue weighted by molar-refractivity contribution is 7.89. The van der Waals surface area contributed by atoms with Crippen LogP contribution in [0.5, 0.6) is 0 Å². The molecule has 0 fully saturated rings. The second-order valence-corrected chi connectivity index (χ2v) is 5.63.